The molecule has 5 aromatic rings. The third-order valence-electron chi connectivity index (χ3n) is 5.10. The molecule has 0 aliphatic rings. The second-order valence-electron chi connectivity index (χ2n) is 7.18. The van der Waals surface area contributed by atoms with Crippen molar-refractivity contribution in [2.45, 2.75) is 0 Å². The summed E-state index contributed by atoms with van der Waals surface area (Å²) in [7, 11) is 1.66. The molecule has 5 rings (SSSR count). The Morgan fingerprint density at radius 1 is 0.938 bits per heavy atom. The second kappa shape index (κ2) is 8.26. The van der Waals surface area contributed by atoms with Crippen LogP contribution in [0.25, 0.3) is 33.2 Å². The van der Waals surface area contributed by atoms with E-state index in [1.807, 2.05) is 42.5 Å². The van der Waals surface area contributed by atoms with Crippen LogP contribution < -0.4 is 9.65 Å². The minimum absolute atomic E-state index is 0.439. The minimum Gasteiger partial charge on any atom is -0.497 e. The van der Waals surface area contributed by atoms with Crippen LogP contribution in [0.2, 0.25) is 0 Å². The van der Waals surface area contributed by atoms with Crippen molar-refractivity contribution in [3.8, 4) is 17.1 Å². The lowest BCUT2D eigenvalue weighted by Gasteiger charge is -2.04. The lowest BCUT2D eigenvalue weighted by atomic mass is 10.1. The monoisotopic (exact) mass is 420 g/mol. The maximum atomic E-state index is 12.0. The Labute approximate surface area is 183 Å². The second-order valence-corrected chi connectivity index (χ2v) is 7.18. The van der Waals surface area contributed by atoms with Gasteiger partial charge < -0.3 is 9.72 Å². The van der Waals surface area contributed by atoms with E-state index in [1.165, 1.54) is 0 Å². The van der Waals surface area contributed by atoms with Crippen LogP contribution >= 0.6 is 0 Å². The van der Waals surface area contributed by atoms with Gasteiger partial charge in [0.2, 0.25) is 10.0 Å². The third-order valence-corrected chi connectivity index (χ3v) is 5.10. The number of carbonyl (C=O) groups excluding carboxylic acids is 1. The SMILES string of the molecule is COc1ccc2cc(-c3nc4cc(N=[N+]=NC(=O)c5ccccc5)ccc4[nH]3)ccc2c1. The normalized spacial score (nSPS) is 10.7. The van der Waals surface area contributed by atoms with E-state index in [4.69, 9.17) is 9.72 Å². The number of imidazole rings is 1. The maximum Gasteiger partial charge on any atom is 0.360 e. The van der Waals surface area contributed by atoms with Crippen LogP contribution in [-0.2, 0) is 0 Å². The summed E-state index contributed by atoms with van der Waals surface area (Å²) in [4.78, 5) is 23.7. The molecule has 0 aliphatic heterocycles. The first kappa shape index (κ1) is 19.4. The Bertz CT molecular complexity index is 1520. The zero-order chi connectivity index (χ0) is 21.9. The molecule has 1 N–H and O–H groups in total. The van der Waals surface area contributed by atoms with Gasteiger partial charge in [-0.3, -0.25) is 4.79 Å². The van der Waals surface area contributed by atoms with Gasteiger partial charge in [0.15, 0.2) is 10.8 Å². The zero-order valence-corrected chi connectivity index (χ0v) is 17.2. The van der Waals surface area contributed by atoms with E-state index in [2.05, 4.69) is 26.2 Å². The average Bonchev–Trinajstić information content (AvgIpc) is 3.27. The van der Waals surface area contributed by atoms with Crippen LogP contribution in [0, 0.1) is 0 Å². The van der Waals surface area contributed by atoms with Gasteiger partial charge in [0, 0.05) is 11.1 Å². The number of hydrogen-bond acceptors (Lipinski definition) is 4. The van der Waals surface area contributed by atoms with Crippen LogP contribution in [0.15, 0.2) is 95.2 Å². The quantitative estimate of drug-likeness (QED) is 0.292. The summed E-state index contributed by atoms with van der Waals surface area (Å²) in [6.45, 7) is 0. The van der Waals surface area contributed by atoms with Gasteiger partial charge in [0.25, 0.3) is 0 Å². The van der Waals surface area contributed by atoms with Crippen LogP contribution in [0.5, 0.6) is 5.75 Å². The molecular formula is C25H18N5O2+. The molecule has 0 spiro atoms. The molecule has 1 heterocycles. The molecule has 0 unspecified atom stereocenters. The first-order valence-corrected chi connectivity index (χ1v) is 9.99. The number of nitrogens with zero attached hydrogens (tertiary/aromatic N) is 4. The highest BCUT2D eigenvalue weighted by Crippen LogP contribution is 2.28. The van der Waals surface area contributed by atoms with E-state index in [0.717, 1.165) is 38.9 Å². The first-order chi connectivity index (χ1) is 15.7. The number of aromatic amines is 1. The molecule has 1 aromatic heterocycles. The Balaban J connectivity index is 1.42. The number of fused-ring (bicyclic) bond motifs is 2. The Hall–Kier alpha value is -4.61. The van der Waals surface area contributed by atoms with E-state index in [1.54, 1.807) is 43.5 Å². The predicted molar refractivity (Wildman–Crippen MR) is 123 cm³/mol. The molecule has 32 heavy (non-hydrogen) atoms. The van der Waals surface area contributed by atoms with Gasteiger partial charge >= 0.3 is 5.91 Å². The summed E-state index contributed by atoms with van der Waals surface area (Å²) in [5.74, 6) is 1.15. The van der Waals surface area contributed by atoms with E-state index in [-0.39, 0.29) is 0 Å². The van der Waals surface area contributed by atoms with Crippen molar-refractivity contribution in [1.82, 2.24) is 14.9 Å². The molecule has 154 valence electrons. The molecule has 0 saturated carbocycles. The van der Waals surface area contributed by atoms with Gasteiger partial charge in [-0.25, -0.2) is 4.98 Å². The van der Waals surface area contributed by atoms with E-state index in [9.17, 15) is 4.79 Å². The average molecular weight is 420 g/mol. The van der Waals surface area contributed by atoms with Gasteiger partial charge in [0.05, 0.1) is 18.1 Å². The van der Waals surface area contributed by atoms with E-state index < -0.39 is 5.91 Å². The topological polar surface area (TPSA) is 93.8 Å². The first-order valence-electron chi connectivity index (χ1n) is 9.99. The van der Waals surface area contributed by atoms with Gasteiger partial charge in [0.1, 0.15) is 11.6 Å². The fourth-order valence-electron chi connectivity index (χ4n) is 3.44. The summed E-state index contributed by atoms with van der Waals surface area (Å²) in [5, 5.41) is 9.88. The van der Waals surface area contributed by atoms with Crippen molar-refractivity contribution >= 4 is 33.4 Å². The van der Waals surface area contributed by atoms with Crippen molar-refractivity contribution < 1.29 is 9.53 Å². The Morgan fingerprint density at radius 3 is 2.59 bits per heavy atom. The summed E-state index contributed by atoms with van der Waals surface area (Å²) in [6, 6.07) is 26.3. The van der Waals surface area contributed by atoms with Crippen molar-refractivity contribution in [3.05, 3.63) is 90.5 Å². The molecule has 7 heteroatoms. The van der Waals surface area contributed by atoms with Gasteiger partial charge in [-0.15, -0.1) is 0 Å². The molecule has 1 amide bonds. The van der Waals surface area contributed by atoms with Gasteiger partial charge in [-0.2, -0.15) is 0 Å². The molecule has 0 saturated heterocycles. The number of rotatable bonds is 4. The highest BCUT2D eigenvalue weighted by Gasteiger charge is 2.10. The molecule has 0 fully saturated rings. The lowest BCUT2D eigenvalue weighted by molar-refractivity contribution is 0.0992. The molecule has 7 nitrogen and oxygen atoms in total. The van der Waals surface area contributed by atoms with Crippen molar-refractivity contribution in [3.63, 3.8) is 0 Å². The number of aromatic nitrogens is 2. The summed E-state index contributed by atoms with van der Waals surface area (Å²) in [5.41, 5.74) is 3.63. The number of amides is 1. The highest BCUT2D eigenvalue weighted by molar-refractivity contribution is 5.94. The number of H-pyrrole nitrogens is 1. The number of ether oxygens (including phenoxy) is 1. The molecule has 0 aliphatic carbocycles. The fraction of sp³-hybridized carbons (Fsp3) is 0.0400. The Morgan fingerprint density at radius 2 is 1.75 bits per heavy atom. The van der Waals surface area contributed by atoms with E-state index in [0.29, 0.717) is 11.3 Å². The standard InChI is InChI=1S/C25H17N5O2/c1-32-21-11-9-17-13-19(8-7-18(17)14-21)24-26-22-12-10-20(15-23(22)27-24)28-30-29-25(31)16-5-3-2-4-6-16/h2-15H,1H3/p+1. The summed E-state index contributed by atoms with van der Waals surface area (Å²) in [6.07, 6.45) is 0. The minimum atomic E-state index is -0.439. The molecule has 0 radical (unpaired) electrons. The number of nitrogens with one attached hydrogen (secondary N) is 1. The highest BCUT2D eigenvalue weighted by atomic mass is 16.5. The van der Waals surface area contributed by atoms with E-state index >= 15 is 0 Å². The van der Waals surface area contributed by atoms with Gasteiger partial charge in [-0.1, -0.05) is 36.4 Å². The van der Waals surface area contributed by atoms with Crippen LogP contribution in [0.4, 0.5) is 5.69 Å². The van der Waals surface area contributed by atoms with Crippen LogP contribution in [-0.4, -0.2) is 23.0 Å². The number of methoxy groups -OCH3 is 1. The number of hydrogen-bond donors (Lipinski definition) is 1. The largest absolute Gasteiger partial charge is 0.497 e. The smallest absolute Gasteiger partial charge is 0.360 e. The number of carbonyl (C=O) groups is 1. The predicted octanol–water partition coefficient (Wildman–Crippen LogP) is 5.84. The lowest BCUT2D eigenvalue weighted by Crippen LogP contribution is -1.93. The van der Waals surface area contributed by atoms with Crippen molar-refractivity contribution in [1.29, 1.82) is 0 Å². The van der Waals surface area contributed by atoms with Crippen molar-refractivity contribution in [2.24, 2.45) is 10.2 Å². The fourth-order valence-corrected chi connectivity index (χ4v) is 3.44. The van der Waals surface area contributed by atoms with Crippen LogP contribution in [0.1, 0.15) is 10.4 Å². The van der Waals surface area contributed by atoms with Gasteiger partial charge in [-0.05, 0) is 59.3 Å². The summed E-state index contributed by atoms with van der Waals surface area (Å²) < 4.78 is 5.29. The Kier molecular flexibility index (Phi) is 5.00. The molecule has 0 atom stereocenters. The molecular weight excluding hydrogens is 402 g/mol. The molecule has 4 aromatic carbocycles. The zero-order valence-electron chi connectivity index (χ0n) is 17.2. The summed E-state index contributed by atoms with van der Waals surface area (Å²) >= 11 is 0. The number of benzene rings is 4. The third kappa shape index (κ3) is 3.88. The maximum absolute atomic E-state index is 12.0. The van der Waals surface area contributed by atoms with Crippen molar-refractivity contribution in [2.75, 3.05) is 7.11 Å². The molecule has 0 bridgehead atoms. The van der Waals surface area contributed by atoms with Crippen LogP contribution in [0.3, 0.4) is 0 Å².